The summed E-state index contributed by atoms with van der Waals surface area (Å²) in [6.45, 7) is 8.99. The van der Waals surface area contributed by atoms with Crippen molar-refractivity contribution in [3.63, 3.8) is 0 Å². The first kappa shape index (κ1) is 34.6. The van der Waals surface area contributed by atoms with E-state index in [0.29, 0.717) is 28.8 Å². The van der Waals surface area contributed by atoms with Gasteiger partial charge >= 0.3 is 0 Å². The number of ether oxygens (including phenoxy) is 3. The van der Waals surface area contributed by atoms with Crippen LogP contribution >= 0.6 is 35.0 Å². The molecule has 0 N–H and O–H groups in total. The second kappa shape index (κ2) is 15.2. The number of halogens is 2. The Labute approximate surface area is 306 Å². The van der Waals surface area contributed by atoms with E-state index in [9.17, 15) is 4.79 Å². The third-order valence-corrected chi connectivity index (χ3v) is 10.8. The van der Waals surface area contributed by atoms with Gasteiger partial charge in [0.1, 0.15) is 37.7 Å². The zero-order valence-electron chi connectivity index (χ0n) is 28.0. The molecule has 0 amide bonds. The summed E-state index contributed by atoms with van der Waals surface area (Å²) in [5, 5.41) is 6.14. The molecular formula is C36H39Cl2N7O4S. The van der Waals surface area contributed by atoms with Gasteiger partial charge in [-0.05, 0) is 74.5 Å². The van der Waals surface area contributed by atoms with Gasteiger partial charge in [-0.25, -0.2) is 14.7 Å². The van der Waals surface area contributed by atoms with Crippen LogP contribution in [0.4, 0.5) is 17.1 Å². The molecule has 3 saturated heterocycles. The van der Waals surface area contributed by atoms with Gasteiger partial charge in [-0.3, -0.25) is 4.79 Å². The molecule has 3 atom stereocenters. The molecule has 3 aliphatic heterocycles. The van der Waals surface area contributed by atoms with E-state index in [-0.39, 0.29) is 24.5 Å². The fraction of sp³-hybridized carbons (Fsp3) is 0.389. The summed E-state index contributed by atoms with van der Waals surface area (Å²) in [4.78, 5) is 27.7. The highest BCUT2D eigenvalue weighted by Gasteiger charge is 2.45. The number of nitrogens with zero attached hydrogens (tertiary/aromatic N) is 7. The van der Waals surface area contributed by atoms with Crippen molar-refractivity contribution in [2.75, 3.05) is 61.5 Å². The Morgan fingerprint density at radius 2 is 1.72 bits per heavy atom. The molecule has 0 radical (unpaired) electrons. The maximum Gasteiger partial charge on any atom is 0.217 e. The predicted octanol–water partition coefficient (Wildman–Crippen LogP) is 6.27. The molecule has 50 heavy (non-hydrogen) atoms. The molecule has 0 aliphatic carbocycles. The molecule has 11 nitrogen and oxygen atoms in total. The normalized spacial score (nSPS) is 22.4. The standard InChI is InChI=1S/C36H39Cl2N7O4S/c1-25(26(2)46)45-17-18-50-35(45)41-28-4-6-29(7-5-28)42-13-15-43(16-14-42)30-8-10-31(11-9-30)47-20-32-21-48-36(49-32,22-44-24-39-23-40-44)33-12-3-27(37)19-34(33)38/h3-12,19,23-25,32H,13-18,20-22H2,1-2H3. The highest BCUT2D eigenvalue weighted by atomic mass is 35.5. The maximum atomic E-state index is 11.9. The predicted molar refractivity (Wildman–Crippen MR) is 198 cm³/mol. The Morgan fingerprint density at radius 1 is 1.02 bits per heavy atom. The number of ketones is 1. The van der Waals surface area contributed by atoms with Crippen LogP contribution in [0.2, 0.25) is 10.0 Å². The van der Waals surface area contributed by atoms with Crippen LogP contribution in [-0.2, 0) is 26.6 Å². The molecule has 3 aliphatic rings. The van der Waals surface area contributed by atoms with E-state index in [2.05, 4.69) is 61.2 Å². The molecule has 14 heteroatoms. The van der Waals surface area contributed by atoms with E-state index in [1.807, 2.05) is 25.1 Å². The van der Waals surface area contributed by atoms with Crippen molar-refractivity contribution in [3.8, 4) is 5.75 Å². The van der Waals surface area contributed by atoms with Crippen molar-refractivity contribution in [2.24, 2.45) is 4.99 Å². The summed E-state index contributed by atoms with van der Waals surface area (Å²) in [5.74, 6) is 0.716. The van der Waals surface area contributed by atoms with Gasteiger partial charge in [-0.15, -0.1) is 0 Å². The number of carbonyl (C=O) groups is 1. The first-order valence-electron chi connectivity index (χ1n) is 16.7. The maximum absolute atomic E-state index is 11.9. The third-order valence-electron chi connectivity index (χ3n) is 9.26. The SMILES string of the molecule is CC(=O)C(C)N1CCSC1=Nc1ccc(N2CCN(c3ccc(OCC4COC(Cn5cncn5)(c5ccc(Cl)cc5Cl)O4)cc3)CC2)cc1. The summed E-state index contributed by atoms with van der Waals surface area (Å²) >= 11 is 14.5. The van der Waals surface area contributed by atoms with Gasteiger partial charge < -0.3 is 28.9 Å². The van der Waals surface area contributed by atoms with Crippen LogP contribution in [0.25, 0.3) is 0 Å². The topological polar surface area (TPSA) is 97.6 Å². The summed E-state index contributed by atoms with van der Waals surface area (Å²) in [7, 11) is 0. The number of anilines is 2. The summed E-state index contributed by atoms with van der Waals surface area (Å²) in [5.41, 5.74) is 3.92. The van der Waals surface area contributed by atoms with Crippen LogP contribution in [0.5, 0.6) is 5.75 Å². The van der Waals surface area contributed by atoms with Crippen molar-refractivity contribution < 1.29 is 19.0 Å². The van der Waals surface area contributed by atoms with Crippen molar-refractivity contribution in [1.29, 1.82) is 0 Å². The molecule has 0 spiro atoms. The zero-order valence-corrected chi connectivity index (χ0v) is 30.3. The average molecular weight is 737 g/mol. The van der Waals surface area contributed by atoms with Gasteiger partial charge in [0, 0.05) is 60.4 Å². The second-order valence-corrected chi connectivity index (χ2v) is 14.4. The molecule has 262 valence electrons. The number of carbonyl (C=O) groups excluding carboxylic acids is 1. The number of hydrogen-bond donors (Lipinski definition) is 0. The Bertz CT molecular complexity index is 1800. The van der Waals surface area contributed by atoms with Crippen molar-refractivity contribution in [3.05, 3.63) is 95.0 Å². The fourth-order valence-corrected chi connectivity index (χ4v) is 7.99. The first-order valence-corrected chi connectivity index (χ1v) is 18.4. The lowest BCUT2D eigenvalue weighted by molar-refractivity contribution is -0.190. The van der Waals surface area contributed by atoms with Crippen molar-refractivity contribution >= 4 is 63.0 Å². The van der Waals surface area contributed by atoms with Crippen molar-refractivity contribution in [1.82, 2.24) is 19.7 Å². The number of aromatic nitrogens is 3. The molecule has 3 unspecified atom stereocenters. The Kier molecular flexibility index (Phi) is 10.5. The van der Waals surface area contributed by atoms with Gasteiger partial charge in [0.05, 0.1) is 23.4 Å². The lowest BCUT2D eigenvalue weighted by Gasteiger charge is -2.37. The summed E-state index contributed by atoms with van der Waals surface area (Å²) in [6, 6.07) is 21.7. The number of piperazine rings is 1. The lowest BCUT2D eigenvalue weighted by atomic mass is 10.1. The van der Waals surface area contributed by atoms with Crippen molar-refractivity contribution in [2.45, 2.75) is 38.3 Å². The molecule has 3 fully saturated rings. The Morgan fingerprint density at radius 3 is 2.36 bits per heavy atom. The van der Waals surface area contributed by atoms with Gasteiger partial charge in [0.25, 0.3) is 0 Å². The number of aliphatic imine (C=N–C) groups is 1. The fourth-order valence-electron chi connectivity index (χ4n) is 6.39. The van der Waals surface area contributed by atoms with Gasteiger partial charge in [0.15, 0.2) is 11.0 Å². The number of amidine groups is 1. The monoisotopic (exact) mass is 735 g/mol. The second-order valence-electron chi connectivity index (χ2n) is 12.5. The Hall–Kier alpha value is -3.81. The van der Waals surface area contributed by atoms with Crippen LogP contribution in [0.1, 0.15) is 19.4 Å². The molecule has 4 heterocycles. The van der Waals surface area contributed by atoms with Crippen LogP contribution in [0.15, 0.2) is 84.4 Å². The zero-order chi connectivity index (χ0) is 34.7. The molecule has 3 aromatic carbocycles. The van der Waals surface area contributed by atoms with Gasteiger partial charge in [0.2, 0.25) is 5.79 Å². The van der Waals surface area contributed by atoms with Gasteiger partial charge in [-0.1, -0.05) is 41.0 Å². The minimum absolute atomic E-state index is 0.148. The van der Waals surface area contributed by atoms with Crippen LogP contribution in [-0.4, -0.2) is 94.5 Å². The largest absolute Gasteiger partial charge is 0.491 e. The highest BCUT2D eigenvalue weighted by molar-refractivity contribution is 8.14. The minimum Gasteiger partial charge on any atom is -0.491 e. The number of thioether (sulfide) groups is 1. The van der Waals surface area contributed by atoms with E-state index in [1.54, 1.807) is 41.8 Å². The Balaban J connectivity index is 0.911. The summed E-state index contributed by atoms with van der Waals surface area (Å²) < 4.78 is 20.5. The van der Waals surface area contributed by atoms with Gasteiger partial charge in [-0.2, -0.15) is 5.10 Å². The molecule has 0 saturated carbocycles. The van der Waals surface area contributed by atoms with E-state index < -0.39 is 5.79 Å². The van der Waals surface area contributed by atoms with E-state index in [4.69, 9.17) is 42.4 Å². The van der Waals surface area contributed by atoms with Crippen LogP contribution < -0.4 is 14.5 Å². The van der Waals surface area contributed by atoms with Crippen LogP contribution in [0, 0.1) is 0 Å². The van der Waals surface area contributed by atoms with Crippen LogP contribution in [0.3, 0.4) is 0 Å². The van der Waals surface area contributed by atoms with E-state index >= 15 is 0 Å². The third kappa shape index (κ3) is 7.74. The number of Topliss-reactive ketones (excluding diaryl/α,β-unsaturated/α-hetero) is 1. The molecule has 4 aromatic rings. The average Bonchev–Trinajstić information content (AvgIpc) is 3.90. The van der Waals surface area contributed by atoms with E-state index in [1.165, 1.54) is 12.0 Å². The molecular weight excluding hydrogens is 697 g/mol. The quantitative estimate of drug-likeness (QED) is 0.175. The van der Waals surface area contributed by atoms with E-state index in [0.717, 1.165) is 60.8 Å². The smallest absolute Gasteiger partial charge is 0.217 e. The molecule has 7 rings (SSSR count). The highest BCUT2D eigenvalue weighted by Crippen LogP contribution is 2.40. The number of rotatable bonds is 11. The minimum atomic E-state index is -1.15. The number of hydrogen-bond acceptors (Lipinski definition) is 10. The lowest BCUT2D eigenvalue weighted by Crippen LogP contribution is -2.46. The number of benzene rings is 3. The first-order chi connectivity index (χ1) is 24.3. The molecule has 1 aromatic heterocycles. The molecule has 0 bridgehead atoms. The summed E-state index contributed by atoms with van der Waals surface area (Å²) in [6.07, 6.45) is 2.75.